The summed E-state index contributed by atoms with van der Waals surface area (Å²) in [5, 5.41) is 30.0. The third-order valence-corrected chi connectivity index (χ3v) is 31.9. The second-order valence-electron chi connectivity index (χ2n) is 39.5. The zero-order valence-electron chi connectivity index (χ0n) is 79.7. The van der Waals surface area contributed by atoms with Gasteiger partial charge in [-0.15, -0.1) is 0 Å². The highest BCUT2D eigenvalue weighted by atomic mass is 16.3. The molecule has 3 heteroatoms. The number of para-hydroxylation sites is 3. The van der Waals surface area contributed by atoms with E-state index in [0.29, 0.717) is 0 Å². The summed E-state index contributed by atoms with van der Waals surface area (Å²) in [6.45, 7) is 0. The lowest BCUT2D eigenvalue weighted by atomic mass is 9.77. The van der Waals surface area contributed by atoms with E-state index in [1.54, 1.807) is 0 Å². The first kappa shape index (κ1) is 82.4. The number of furan rings is 3. The zero-order valence-corrected chi connectivity index (χ0v) is 79.7. The van der Waals surface area contributed by atoms with Crippen molar-refractivity contribution < 1.29 is 13.3 Å². The van der Waals surface area contributed by atoms with Crippen LogP contribution < -0.4 is 0 Å². The molecule has 147 heavy (non-hydrogen) atoms. The van der Waals surface area contributed by atoms with E-state index in [9.17, 15) is 0 Å². The molecule has 0 bridgehead atoms. The Morgan fingerprint density at radius 2 is 0.252 bits per heavy atom. The average Bonchev–Trinajstić information content (AvgIpc) is 1.23. The van der Waals surface area contributed by atoms with Crippen molar-refractivity contribution >= 4 is 163 Å². The molecule has 3 aliphatic carbocycles. The molecule has 3 heterocycles. The van der Waals surface area contributed by atoms with Crippen molar-refractivity contribution in [3.63, 3.8) is 0 Å². The Kier molecular flexibility index (Phi) is 18.3. The second kappa shape index (κ2) is 32.6. The maximum atomic E-state index is 6.24. The molecule has 0 atom stereocenters. The second-order valence-corrected chi connectivity index (χ2v) is 39.5. The minimum absolute atomic E-state index is 0.911. The molecule has 0 saturated heterocycles. The minimum atomic E-state index is 0.911. The van der Waals surface area contributed by atoms with Crippen molar-refractivity contribution in [3.8, 4) is 167 Å². The molecule has 33 rings (SSSR count). The maximum Gasteiger partial charge on any atom is 0.135 e. The standard InChI is InChI=1S/3C48H28O/c1-5-15-35-31(11-1)32-12-2-8-18-38(32)44-27-42-36-16-6-3-13-33(36)34-14-4-7-17-37(34)43(42)28-45(44)39-23-21-29(25-41(35)39)30-22-24-48-46(26-30)40-19-9-10-20-47(40)49-48;1-4-16-35-31(12-1)32-13-2-5-17-36(32)42-28-44-40-22-11-21-30(29-24-25-47-45(26-29)38-19-9-10-23-46(38)49-47)48(40)39-20-8-7-15-34(39)33-14-3-6-18-37(33)43(44)27-41(35)42;1-4-15-34-31(12-1)32-13-2-5-16-35(32)42-28-44-37-18-7-8-20-39(37)48-30(29-24-25-47-45(26-29)38-19-9-10-23-46(38)49-47)21-11-22-40(48)33-14-3-6-17-36(33)43(44)27-41(34)42/h3*1-28H. The third kappa shape index (κ3) is 12.7. The number of rotatable bonds is 3. The Morgan fingerprint density at radius 1 is 0.0816 bits per heavy atom. The van der Waals surface area contributed by atoms with Crippen molar-refractivity contribution in [2.24, 2.45) is 0 Å². The number of fused-ring (bicyclic) bond motifs is 51. The van der Waals surface area contributed by atoms with Crippen LogP contribution in [0.1, 0.15) is 0 Å². The number of hydrogen-bond donors (Lipinski definition) is 0. The summed E-state index contributed by atoms with van der Waals surface area (Å²) in [6.07, 6.45) is 0. The van der Waals surface area contributed by atoms with Crippen LogP contribution in [-0.4, -0.2) is 0 Å². The Bertz CT molecular complexity index is 10900. The normalized spacial score (nSPS) is 12.1. The van der Waals surface area contributed by atoms with Gasteiger partial charge in [0.1, 0.15) is 33.5 Å². The monoisotopic (exact) mass is 1860 g/mol. The summed E-state index contributed by atoms with van der Waals surface area (Å²) in [4.78, 5) is 0. The summed E-state index contributed by atoms with van der Waals surface area (Å²) < 4.78 is 18.6. The lowest BCUT2D eigenvalue weighted by Gasteiger charge is -2.26. The Morgan fingerprint density at radius 3 is 0.558 bits per heavy atom. The van der Waals surface area contributed by atoms with E-state index >= 15 is 0 Å². The van der Waals surface area contributed by atoms with Gasteiger partial charge in [0.2, 0.25) is 0 Å². The van der Waals surface area contributed by atoms with E-state index in [0.717, 1.165) is 65.8 Å². The van der Waals surface area contributed by atoms with Crippen LogP contribution in [0.15, 0.2) is 523 Å². The van der Waals surface area contributed by atoms with Gasteiger partial charge in [-0.3, -0.25) is 0 Å². The summed E-state index contributed by atoms with van der Waals surface area (Å²) in [6, 6.07) is 187. The van der Waals surface area contributed by atoms with E-state index in [1.807, 2.05) is 30.3 Å². The molecule has 0 unspecified atom stereocenters. The first-order chi connectivity index (χ1) is 72.9. The zero-order chi connectivity index (χ0) is 96.2. The molecule has 0 N–H and O–H groups in total. The molecule has 0 aliphatic heterocycles. The summed E-state index contributed by atoms with van der Waals surface area (Å²) in [5.74, 6) is 0. The lowest BCUT2D eigenvalue weighted by molar-refractivity contribution is 0.668. The lowest BCUT2D eigenvalue weighted by Crippen LogP contribution is -1.99. The molecular formula is C144H84O3. The van der Waals surface area contributed by atoms with Gasteiger partial charge in [-0.25, -0.2) is 0 Å². The van der Waals surface area contributed by atoms with Crippen molar-refractivity contribution in [1.82, 2.24) is 0 Å². The van der Waals surface area contributed by atoms with Crippen LogP contribution in [0, 0.1) is 0 Å². The summed E-state index contributed by atoms with van der Waals surface area (Å²) in [7, 11) is 0. The van der Waals surface area contributed by atoms with Gasteiger partial charge in [-0.2, -0.15) is 0 Å². The Labute approximate surface area is 846 Å². The first-order valence-corrected chi connectivity index (χ1v) is 50.8. The van der Waals surface area contributed by atoms with Crippen LogP contribution in [0.5, 0.6) is 0 Å². The highest BCUT2D eigenvalue weighted by molar-refractivity contribution is 6.31. The van der Waals surface area contributed by atoms with Crippen LogP contribution in [0.25, 0.3) is 330 Å². The summed E-state index contributed by atoms with van der Waals surface area (Å²) >= 11 is 0. The topological polar surface area (TPSA) is 39.4 Å². The van der Waals surface area contributed by atoms with Gasteiger partial charge in [-0.05, 0) is 361 Å². The molecule has 0 radical (unpaired) electrons. The SMILES string of the molecule is c1ccc2c(c1)-c1cc3c4ccccc4c4ccccc4c3cc1-c1cccc(-c3ccc4oc5ccccc5c4c3)c1-c1ccccc1-2.c1ccc2c(c1)-c1cc3c4ccccc4c4ccccc4c3cc1-c1ccccc1-c1c(-c3ccc4oc5ccccc5c4c3)cccc1-2.c1ccc2c(c1)-c1ccccc1-c1cc3c4ccccc4c4ccccc4c3cc1-c1ccc(-c3ccc4oc5ccccc5c4c3)cc1-2. The van der Waals surface area contributed by atoms with Gasteiger partial charge in [0.05, 0.1) is 0 Å². The number of hydrogen-bond acceptors (Lipinski definition) is 3. The Hall–Kier alpha value is -19.3. The molecule has 678 valence electrons. The van der Waals surface area contributed by atoms with Gasteiger partial charge in [0.15, 0.2) is 0 Å². The van der Waals surface area contributed by atoms with Crippen molar-refractivity contribution in [1.29, 1.82) is 0 Å². The fourth-order valence-corrected chi connectivity index (χ4v) is 25.4. The minimum Gasteiger partial charge on any atom is -0.456 e. The largest absolute Gasteiger partial charge is 0.456 e. The maximum absolute atomic E-state index is 6.24. The van der Waals surface area contributed by atoms with Crippen LogP contribution in [-0.2, 0) is 0 Å². The van der Waals surface area contributed by atoms with Crippen LogP contribution in [0.4, 0.5) is 0 Å². The van der Waals surface area contributed by atoms with Crippen molar-refractivity contribution in [2.75, 3.05) is 0 Å². The molecular weight excluding hydrogens is 1780 g/mol. The fourth-order valence-electron chi connectivity index (χ4n) is 25.4. The molecule has 0 fully saturated rings. The molecule has 27 aromatic carbocycles. The first-order valence-electron chi connectivity index (χ1n) is 50.8. The van der Waals surface area contributed by atoms with E-state index in [2.05, 4.69) is 479 Å². The number of benzene rings is 27. The summed E-state index contributed by atoms with van der Waals surface area (Å²) in [5.41, 5.74) is 42.7. The molecule has 0 spiro atoms. The molecule has 3 aliphatic rings. The van der Waals surface area contributed by atoms with Crippen LogP contribution in [0.3, 0.4) is 0 Å². The van der Waals surface area contributed by atoms with Gasteiger partial charge in [0, 0.05) is 32.3 Å². The molecule has 3 nitrogen and oxygen atoms in total. The molecule has 0 saturated carbocycles. The van der Waals surface area contributed by atoms with Crippen LogP contribution >= 0.6 is 0 Å². The molecule has 30 aromatic rings. The van der Waals surface area contributed by atoms with Gasteiger partial charge in [-0.1, -0.05) is 413 Å². The third-order valence-electron chi connectivity index (χ3n) is 31.9. The fraction of sp³-hybridized carbons (Fsp3) is 0. The Balaban J connectivity index is 0.0000000999. The smallest absolute Gasteiger partial charge is 0.135 e. The van der Waals surface area contributed by atoms with Crippen molar-refractivity contribution in [3.05, 3.63) is 510 Å². The highest BCUT2D eigenvalue weighted by Gasteiger charge is 2.32. The molecule has 3 aromatic heterocycles. The highest BCUT2D eigenvalue weighted by Crippen LogP contribution is 2.59. The van der Waals surface area contributed by atoms with E-state index in [4.69, 9.17) is 13.3 Å². The molecule has 0 amide bonds. The van der Waals surface area contributed by atoms with Crippen LogP contribution in [0.2, 0.25) is 0 Å². The van der Waals surface area contributed by atoms with E-state index in [1.165, 1.54) is 264 Å². The average molecular weight is 1860 g/mol. The predicted octanol–water partition coefficient (Wildman–Crippen LogP) is 41.1. The van der Waals surface area contributed by atoms with E-state index in [-0.39, 0.29) is 0 Å². The predicted molar refractivity (Wildman–Crippen MR) is 621 cm³/mol. The van der Waals surface area contributed by atoms with Gasteiger partial charge >= 0.3 is 0 Å². The van der Waals surface area contributed by atoms with Gasteiger partial charge in [0.25, 0.3) is 0 Å². The van der Waals surface area contributed by atoms with Gasteiger partial charge < -0.3 is 13.3 Å². The van der Waals surface area contributed by atoms with E-state index < -0.39 is 0 Å². The van der Waals surface area contributed by atoms with Crippen molar-refractivity contribution in [2.45, 2.75) is 0 Å². The quantitative estimate of drug-likeness (QED) is 0.166.